The van der Waals surface area contributed by atoms with Gasteiger partial charge in [-0.3, -0.25) is 5.41 Å². The Morgan fingerprint density at radius 3 is 2.72 bits per heavy atom. The summed E-state index contributed by atoms with van der Waals surface area (Å²) in [6.07, 6.45) is 5.35. The Kier molecular flexibility index (Phi) is 3.55. The van der Waals surface area contributed by atoms with E-state index in [0.717, 1.165) is 24.5 Å². The van der Waals surface area contributed by atoms with Gasteiger partial charge in [0.25, 0.3) is 0 Å². The normalized spacial score (nSPS) is 18.7. The highest BCUT2D eigenvalue weighted by Crippen LogP contribution is 2.35. The first kappa shape index (κ1) is 12.9. The Labute approximate surface area is 109 Å². The Hall–Kier alpha value is -1.58. The smallest absolute Gasteiger partial charge is 0.139 e. The summed E-state index contributed by atoms with van der Waals surface area (Å²) in [5.74, 6) is 0.963. The fourth-order valence-corrected chi connectivity index (χ4v) is 2.47. The summed E-state index contributed by atoms with van der Waals surface area (Å²) in [5, 5.41) is 7.62. The zero-order chi connectivity index (χ0) is 13.2. The van der Waals surface area contributed by atoms with Crippen molar-refractivity contribution in [2.24, 2.45) is 11.1 Å². The van der Waals surface area contributed by atoms with Crippen molar-refractivity contribution in [1.82, 2.24) is 4.98 Å². The molecule has 3 N–H and O–H groups in total. The van der Waals surface area contributed by atoms with Gasteiger partial charge in [-0.05, 0) is 30.4 Å². The van der Waals surface area contributed by atoms with Crippen molar-refractivity contribution < 1.29 is 0 Å². The van der Waals surface area contributed by atoms with Crippen LogP contribution >= 0.6 is 0 Å². The van der Waals surface area contributed by atoms with Crippen LogP contribution in [-0.4, -0.2) is 23.9 Å². The maximum atomic E-state index is 7.62. The molecule has 0 radical (unpaired) electrons. The van der Waals surface area contributed by atoms with Gasteiger partial charge in [0.2, 0.25) is 0 Å². The van der Waals surface area contributed by atoms with Crippen molar-refractivity contribution in [2.45, 2.75) is 33.1 Å². The fraction of sp³-hybridized carbons (Fsp3) is 0.571. The number of nitrogens with one attached hydrogen (secondary N) is 1. The Balaban J connectivity index is 2.17. The molecule has 1 aromatic heterocycles. The zero-order valence-electron chi connectivity index (χ0n) is 11.2. The molecule has 0 bridgehead atoms. The monoisotopic (exact) mass is 246 g/mol. The summed E-state index contributed by atoms with van der Waals surface area (Å²) in [5.41, 5.74) is 6.83. The minimum atomic E-state index is 0.0990. The largest absolute Gasteiger partial charge is 0.384 e. The van der Waals surface area contributed by atoms with Crippen LogP contribution in [0.3, 0.4) is 0 Å². The SMILES string of the molecule is CCC1(C)CCN(c2ncccc2C(=N)N)CC1. The van der Waals surface area contributed by atoms with Gasteiger partial charge in [0, 0.05) is 19.3 Å². The van der Waals surface area contributed by atoms with Gasteiger partial charge in [-0.15, -0.1) is 0 Å². The van der Waals surface area contributed by atoms with Crippen LogP contribution in [0, 0.1) is 10.8 Å². The maximum absolute atomic E-state index is 7.62. The molecule has 4 heteroatoms. The molecule has 1 fully saturated rings. The number of hydrogen-bond donors (Lipinski definition) is 2. The van der Waals surface area contributed by atoms with Crippen LogP contribution in [0.15, 0.2) is 18.3 Å². The lowest BCUT2D eigenvalue weighted by molar-refractivity contribution is 0.238. The Morgan fingerprint density at radius 1 is 1.50 bits per heavy atom. The molecule has 0 amide bonds. The van der Waals surface area contributed by atoms with Gasteiger partial charge in [-0.2, -0.15) is 0 Å². The van der Waals surface area contributed by atoms with Crippen molar-refractivity contribution in [3.8, 4) is 0 Å². The average molecular weight is 246 g/mol. The molecule has 4 nitrogen and oxygen atoms in total. The number of pyridine rings is 1. The summed E-state index contributed by atoms with van der Waals surface area (Å²) in [6.45, 7) is 6.62. The molecule has 0 aromatic carbocycles. The minimum Gasteiger partial charge on any atom is -0.384 e. The Morgan fingerprint density at radius 2 is 2.17 bits per heavy atom. The van der Waals surface area contributed by atoms with Crippen LogP contribution in [0.1, 0.15) is 38.7 Å². The van der Waals surface area contributed by atoms with Crippen LogP contribution in [0.5, 0.6) is 0 Å². The molecule has 0 spiro atoms. The molecule has 0 saturated carbocycles. The third-order valence-corrected chi connectivity index (χ3v) is 4.20. The molecule has 1 saturated heterocycles. The third kappa shape index (κ3) is 2.47. The van der Waals surface area contributed by atoms with E-state index in [9.17, 15) is 0 Å². The number of nitrogen functional groups attached to an aromatic ring is 1. The van der Waals surface area contributed by atoms with Crippen LogP contribution in [0.25, 0.3) is 0 Å². The minimum absolute atomic E-state index is 0.0990. The molecule has 0 aliphatic carbocycles. The first-order valence-corrected chi connectivity index (χ1v) is 6.60. The summed E-state index contributed by atoms with van der Waals surface area (Å²) >= 11 is 0. The molecule has 2 heterocycles. The molecule has 0 unspecified atom stereocenters. The van der Waals surface area contributed by atoms with Gasteiger partial charge in [-0.1, -0.05) is 20.3 Å². The summed E-state index contributed by atoms with van der Waals surface area (Å²) in [4.78, 5) is 6.66. The van der Waals surface area contributed by atoms with Gasteiger partial charge < -0.3 is 10.6 Å². The predicted octanol–water partition coefficient (Wildman–Crippen LogP) is 2.38. The van der Waals surface area contributed by atoms with Crippen molar-refractivity contribution in [2.75, 3.05) is 18.0 Å². The van der Waals surface area contributed by atoms with Crippen LogP contribution < -0.4 is 10.6 Å². The number of nitrogens with two attached hydrogens (primary N) is 1. The van der Waals surface area contributed by atoms with Crippen LogP contribution in [-0.2, 0) is 0 Å². The molecule has 1 aliphatic heterocycles. The van der Waals surface area contributed by atoms with Crippen molar-refractivity contribution in [1.29, 1.82) is 5.41 Å². The number of hydrogen-bond acceptors (Lipinski definition) is 3. The molecule has 18 heavy (non-hydrogen) atoms. The third-order valence-electron chi connectivity index (χ3n) is 4.20. The molecule has 0 atom stereocenters. The second-order valence-corrected chi connectivity index (χ2v) is 5.44. The van der Waals surface area contributed by atoms with E-state index in [0.29, 0.717) is 5.41 Å². The van der Waals surface area contributed by atoms with E-state index in [1.165, 1.54) is 19.3 Å². The average Bonchev–Trinajstić information content (AvgIpc) is 2.39. The second-order valence-electron chi connectivity index (χ2n) is 5.44. The predicted molar refractivity (Wildman–Crippen MR) is 75.1 cm³/mol. The summed E-state index contributed by atoms with van der Waals surface area (Å²) in [7, 11) is 0. The van der Waals surface area contributed by atoms with E-state index < -0.39 is 0 Å². The number of piperidine rings is 1. The molecule has 2 rings (SSSR count). The zero-order valence-corrected chi connectivity index (χ0v) is 11.2. The first-order valence-electron chi connectivity index (χ1n) is 6.60. The lowest BCUT2D eigenvalue weighted by Crippen LogP contribution is -2.39. The van der Waals surface area contributed by atoms with Crippen LogP contribution in [0.4, 0.5) is 5.82 Å². The Bertz CT molecular complexity index is 433. The molecular formula is C14H22N4. The fourth-order valence-electron chi connectivity index (χ4n) is 2.47. The van der Waals surface area contributed by atoms with E-state index in [-0.39, 0.29) is 5.84 Å². The number of amidine groups is 1. The topological polar surface area (TPSA) is 66.0 Å². The van der Waals surface area contributed by atoms with Gasteiger partial charge in [0.05, 0.1) is 5.56 Å². The van der Waals surface area contributed by atoms with E-state index in [4.69, 9.17) is 11.1 Å². The number of anilines is 1. The van der Waals surface area contributed by atoms with Gasteiger partial charge in [0.15, 0.2) is 0 Å². The number of aromatic nitrogens is 1. The highest BCUT2D eigenvalue weighted by atomic mass is 15.2. The molecule has 1 aliphatic rings. The highest BCUT2D eigenvalue weighted by molar-refractivity contribution is 5.99. The number of rotatable bonds is 3. The summed E-state index contributed by atoms with van der Waals surface area (Å²) < 4.78 is 0. The van der Waals surface area contributed by atoms with Crippen molar-refractivity contribution >= 4 is 11.7 Å². The van der Waals surface area contributed by atoms with Crippen molar-refractivity contribution in [3.05, 3.63) is 23.9 Å². The van der Waals surface area contributed by atoms with E-state index >= 15 is 0 Å². The van der Waals surface area contributed by atoms with Crippen LogP contribution in [0.2, 0.25) is 0 Å². The second kappa shape index (κ2) is 4.96. The van der Waals surface area contributed by atoms with E-state index in [1.807, 2.05) is 12.1 Å². The van der Waals surface area contributed by atoms with Gasteiger partial charge in [-0.25, -0.2) is 4.98 Å². The van der Waals surface area contributed by atoms with E-state index in [2.05, 4.69) is 23.7 Å². The molecule has 98 valence electrons. The lowest BCUT2D eigenvalue weighted by Gasteiger charge is -2.39. The van der Waals surface area contributed by atoms with E-state index in [1.54, 1.807) is 6.20 Å². The summed E-state index contributed by atoms with van der Waals surface area (Å²) in [6, 6.07) is 3.71. The lowest BCUT2D eigenvalue weighted by atomic mass is 9.78. The highest BCUT2D eigenvalue weighted by Gasteiger charge is 2.29. The number of nitrogens with zero attached hydrogens (tertiary/aromatic N) is 2. The van der Waals surface area contributed by atoms with Gasteiger partial charge in [0.1, 0.15) is 11.7 Å². The molecular weight excluding hydrogens is 224 g/mol. The molecule has 1 aromatic rings. The first-order chi connectivity index (χ1) is 8.56. The van der Waals surface area contributed by atoms with Crippen molar-refractivity contribution in [3.63, 3.8) is 0 Å². The quantitative estimate of drug-likeness (QED) is 0.635. The van der Waals surface area contributed by atoms with Gasteiger partial charge >= 0.3 is 0 Å². The standard InChI is InChI=1S/C14H22N4/c1-3-14(2)6-9-18(10-7-14)13-11(12(15)16)5-4-8-17-13/h4-5,8H,3,6-7,9-10H2,1-2H3,(H3,15,16). The maximum Gasteiger partial charge on any atom is 0.139 e.